The smallest absolute Gasteiger partial charge is 0.226 e. The van der Waals surface area contributed by atoms with Crippen LogP contribution in [0.3, 0.4) is 0 Å². The van der Waals surface area contributed by atoms with Crippen molar-refractivity contribution in [2.24, 2.45) is 11.3 Å². The van der Waals surface area contributed by atoms with Gasteiger partial charge in [0.25, 0.3) is 0 Å². The number of hydrogen-bond acceptors (Lipinski definition) is 2. The van der Waals surface area contributed by atoms with E-state index in [0.717, 1.165) is 12.8 Å². The number of nitrogens with zero attached hydrogens (tertiary/aromatic N) is 1. The van der Waals surface area contributed by atoms with E-state index < -0.39 is 11.0 Å². The third-order valence-electron chi connectivity index (χ3n) is 2.68. The van der Waals surface area contributed by atoms with E-state index in [4.69, 9.17) is 5.26 Å². The van der Waals surface area contributed by atoms with Gasteiger partial charge < -0.3 is 5.32 Å². The molecule has 0 aromatic rings. The first-order valence-electron chi connectivity index (χ1n) is 5.03. The first-order valence-corrected chi connectivity index (χ1v) is 5.03. The lowest BCUT2D eigenvalue weighted by atomic mass is 9.91. The second-order valence-electron chi connectivity index (χ2n) is 5.29. The fraction of sp³-hybridized carbons (Fsp3) is 0.818. The quantitative estimate of drug-likeness (QED) is 0.729. The summed E-state index contributed by atoms with van der Waals surface area (Å²) in [4.78, 5) is 11.7. The van der Waals surface area contributed by atoms with E-state index in [9.17, 15) is 4.79 Å². The Labute approximate surface area is 85.5 Å². The van der Waals surface area contributed by atoms with Crippen LogP contribution in [0.15, 0.2) is 0 Å². The molecule has 0 aromatic carbocycles. The van der Waals surface area contributed by atoms with E-state index >= 15 is 0 Å². The predicted octanol–water partition coefficient (Wildman–Crippen LogP) is 1.84. The van der Waals surface area contributed by atoms with Crippen LogP contribution in [0.1, 0.15) is 40.5 Å². The summed E-state index contributed by atoms with van der Waals surface area (Å²) in [5, 5.41) is 11.9. The van der Waals surface area contributed by atoms with Gasteiger partial charge >= 0.3 is 0 Å². The number of hydrogen-bond donors (Lipinski definition) is 1. The molecule has 0 aliphatic heterocycles. The van der Waals surface area contributed by atoms with Gasteiger partial charge in [0.15, 0.2) is 0 Å². The highest BCUT2D eigenvalue weighted by molar-refractivity contribution is 5.82. The number of nitriles is 1. The van der Waals surface area contributed by atoms with Crippen LogP contribution in [-0.4, -0.2) is 11.4 Å². The van der Waals surface area contributed by atoms with Gasteiger partial charge in [0, 0.05) is 5.41 Å². The maximum absolute atomic E-state index is 11.7. The summed E-state index contributed by atoms with van der Waals surface area (Å²) in [5.74, 6) is 0.298. The van der Waals surface area contributed by atoms with Gasteiger partial charge in [-0.25, -0.2) is 0 Å². The Hall–Kier alpha value is -1.04. The van der Waals surface area contributed by atoms with Crippen LogP contribution in [0, 0.1) is 22.7 Å². The zero-order valence-electron chi connectivity index (χ0n) is 9.35. The predicted molar refractivity (Wildman–Crippen MR) is 54.3 cm³/mol. The molecule has 14 heavy (non-hydrogen) atoms. The third-order valence-corrected chi connectivity index (χ3v) is 2.68. The standard InChI is InChI=1S/C11H18N2O/c1-10(2,3)9(14)13-11(4,7-12)8-5-6-8/h8H,5-6H2,1-4H3,(H,13,14). The Morgan fingerprint density at radius 1 is 1.36 bits per heavy atom. The molecular formula is C11H18N2O. The molecule has 1 saturated carbocycles. The highest BCUT2D eigenvalue weighted by Gasteiger charge is 2.44. The molecule has 1 amide bonds. The Bertz CT molecular complexity index is 281. The molecule has 0 spiro atoms. The Balaban J connectivity index is 2.67. The number of carbonyl (C=O) groups is 1. The average molecular weight is 194 g/mol. The fourth-order valence-electron chi connectivity index (χ4n) is 1.31. The maximum Gasteiger partial charge on any atom is 0.226 e. The normalized spacial score (nSPS) is 20.8. The van der Waals surface area contributed by atoms with Crippen molar-refractivity contribution >= 4 is 5.91 Å². The van der Waals surface area contributed by atoms with Gasteiger partial charge in [-0.05, 0) is 25.7 Å². The zero-order valence-corrected chi connectivity index (χ0v) is 9.35. The minimum absolute atomic E-state index is 0.0477. The first kappa shape index (κ1) is 11.0. The lowest BCUT2D eigenvalue weighted by molar-refractivity contribution is -0.130. The third kappa shape index (κ3) is 2.25. The van der Waals surface area contributed by atoms with Crippen LogP contribution < -0.4 is 5.32 Å². The van der Waals surface area contributed by atoms with Crippen LogP contribution in [0.25, 0.3) is 0 Å². The van der Waals surface area contributed by atoms with Crippen molar-refractivity contribution < 1.29 is 4.79 Å². The molecule has 1 rings (SSSR count). The van der Waals surface area contributed by atoms with E-state index in [1.165, 1.54) is 0 Å². The van der Waals surface area contributed by atoms with Crippen molar-refractivity contribution in [2.75, 3.05) is 0 Å². The van der Waals surface area contributed by atoms with E-state index in [1.807, 2.05) is 27.7 Å². The molecule has 0 radical (unpaired) electrons. The van der Waals surface area contributed by atoms with Crippen molar-refractivity contribution in [3.8, 4) is 6.07 Å². The number of amides is 1. The molecule has 1 aliphatic carbocycles. The zero-order chi connectivity index (χ0) is 11.0. The molecule has 3 nitrogen and oxygen atoms in total. The van der Waals surface area contributed by atoms with Crippen LogP contribution >= 0.6 is 0 Å². The molecule has 1 atom stereocenters. The van der Waals surface area contributed by atoms with Gasteiger partial charge in [-0.1, -0.05) is 20.8 Å². The van der Waals surface area contributed by atoms with E-state index in [0.29, 0.717) is 5.92 Å². The Morgan fingerprint density at radius 2 is 1.86 bits per heavy atom. The summed E-state index contributed by atoms with van der Waals surface area (Å²) in [6.07, 6.45) is 2.10. The van der Waals surface area contributed by atoms with Gasteiger partial charge in [0.1, 0.15) is 5.54 Å². The minimum atomic E-state index is -0.662. The summed E-state index contributed by atoms with van der Waals surface area (Å²) in [5.41, 5.74) is -1.09. The molecule has 1 aliphatic rings. The van der Waals surface area contributed by atoms with Crippen LogP contribution in [0.5, 0.6) is 0 Å². The van der Waals surface area contributed by atoms with Crippen molar-refractivity contribution in [2.45, 2.75) is 46.1 Å². The summed E-state index contributed by atoms with van der Waals surface area (Å²) >= 11 is 0. The van der Waals surface area contributed by atoms with Crippen molar-refractivity contribution in [3.63, 3.8) is 0 Å². The van der Waals surface area contributed by atoms with Crippen LogP contribution in [0.4, 0.5) is 0 Å². The maximum atomic E-state index is 11.7. The van der Waals surface area contributed by atoms with Crippen molar-refractivity contribution in [3.05, 3.63) is 0 Å². The summed E-state index contributed by atoms with van der Waals surface area (Å²) in [6, 6.07) is 2.21. The minimum Gasteiger partial charge on any atom is -0.337 e. The summed E-state index contributed by atoms with van der Waals surface area (Å²) in [6.45, 7) is 7.38. The number of nitrogens with one attached hydrogen (secondary N) is 1. The monoisotopic (exact) mass is 194 g/mol. The molecule has 1 N–H and O–H groups in total. The van der Waals surface area contributed by atoms with E-state index in [1.54, 1.807) is 0 Å². The lowest BCUT2D eigenvalue weighted by Crippen LogP contribution is -2.50. The lowest BCUT2D eigenvalue weighted by Gasteiger charge is -2.27. The summed E-state index contributed by atoms with van der Waals surface area (Å²) < 4.78 is 0. The largest absolute Gasteiger partial charge is 0.337 e. The summed E-state index contributed by atoms with van der Waals surface area (Å²) in [7, 11) is 0. The van der Waals surface area contributed by atoms with Gasteiger partial charge in [0.05, 0.1) is 6.07 Å². The molecule has 0 bridgehead atoms. The van der Waals surface area contributed by atoms with E-state index in [2.05, 4.69) is 11.4 Å². The first-order chi connectivity index (χ1) is 6.29. The van der Waals surface area contributed by atoms with Crippen molar-refractivity contribution in [1.29, 1.82) is 5.26 Å². The molecule has 1 unspecified atom stereocenters. The molecule has 0 aromatic heterocycles. The second-order valence-corrected chi connectivity index (χ2v) is 5.29. The Kier molecular flexibility index (Phi) is 2.58. The van der Waals surface area contributed by atoms with E-state index in [-0.39, 0.29) is 5.91 Å². The molecule has 3 heteroatoms. The topological polar surface area (TPSA) is 52.9 Å². The number of rotatable bonds is 2. The van der Waals surface area contributed by atoms with Gasteiger partial charge in [0.2, 0.25) is 5.91 Å². The highest BCUT2D eigenvalue weighted by atomic mass is 16.2. The molecule has 0 saturated heterocycles. The van der Waals surface area contributed by atoms with Crippen LogP contribution in [0.2, 0.25) is 0 Å². The van der Waals surface area contributed by atoms with Gasteiger partial charge in [-0.15, -0.1) is 0 Å². The molecule has 1 fully saturated rings. The Morgan fingerprint density at radius 3 is 2.14 bits per heavy atom. The molecular weight excluding hydrogens is 176 g/mol. The van der Waals surface area contributed by atoms with Crippen molar-refractivity contribution in [1.82, 2.24) is 5.32 Å². The van der Waals surface area contributed by atoms with Gasteiger partial charge in [-0.3, -0.25) is 4.79 Å². The second kappa shape index (κ2) is 3.27. The average Bonchev–Trinajstić information content (AvgIpc) is 2.84. The van der Waals surface area contributed by atoms with Gasteiger partial charge in [-0.2, -0.15) is 5.26 Å². The molecule has 0 heterocycles. The molecule has 78 valence electrons. The number of carbonyl (C=O) groups excluding carboxylic acids is 1. The fourth-order valence-corrected chi connectivity index (χ4v) is 1.31. The SMILES string of the molecule is CC(C)(C)C(=O)NC(C)(C#N)C1CC1. The van der Waals surface area contributed by atoms with Crippen LogP contribution in [-0.2, 0) is 4.79 Å². The highest BCUT2D eigenvalue weighted by Crippen LogP contribution is 2.39.